The number of hydrogen-bond donors (Lipinski definition) is 2. The third-order valence-electron chi connectivity index (χ3n) is 4.66. The summed E-state index contributed by atoms with van der Waals surface area (Å²) in [7, 11) is 0. The van der Waals surface area contributed by atoms with Crippen LogP contribution >= 0.6 is 11.6 Å². The number of carbonyl (C=O) groups is 2. The number of rotatable bonds is 7. The smallest absolute Gasteiger partial charge is 0.220 e. The Labute approximate surface area is 157 Å². The standard InChI is InChI=1S/C20H21ClN2O3/c21-16-7-3-1-5-13(16)9-10-19(24)23-18(20(25)26)11-14-12-22-17-8-4-2-6-15(14)17/h1-8,14,18,22H,9-12H2,(H,23,24)(H,25,26)/p-1. The molecule has 1 heterocycles. The molecule has 6 heteroatoms. The Morgan fingerprint density at radius 2 is 1.92 bits per heavy atom. The molecular formula is C20H20ClN2O3-. The topological polar surface area (TPSA) is 81.3 Å². The Bertz CT molecular complexity index is 809. The van der Waals surface area contributed by atoms with Crippen LogP contribution in [0.1, 0.15) is 29.9 Å². The number of nitrogens with one attached hydrogen (secondary N) is 2. The minimum Gasteiger partial charge on any atom is -0.548 e. The molecule has 136 valence electrons. The molecule has 2 atom stereocenters. The summed E-state index contributed by atoms with van der Waals surface area (Å²) in [6, 6.07) is 14.1. The summed E-state index contributed by atoms with van der Waals surface area (Å²) in [5.41, 5.74) is 2.95. The first kappa shape index (κ1) is 18.3. The number of carboxylic acid groups (broad SMARTS) is 1. The number of anilines is 1. The average molecular weight is 372 g/mol. The van der Waals surface area contributed by atoms with Crippen LogP contribution in [0.4, 0.5) is 5.69 Å². The van der Waals surface area contributed by atoms with Crippen molar-refractivity contribution in [2.75, 3.05) is 11.9 Å². The van der Waals surface area contributed by atoms with E-state index in [9.17, 15) is 14.7 Å². The molecule has 26 heavy (non-hydrogen) atoms. The van der Waals surface area contributed by atoms with Crippen LogP contribution in [0, 0.1) is 0 Å². The fourth-order valence-corrected chi connectivity index (χ4v) is 3.51. The van der Waals surface area contributed by atoms with E-state index in [2.05, 4.69) is 10.6 Å². The van der Waals surface area contributed by atoms with Crippen molar-refractivity contribution in [3.05, 3.63) is 64.7 Å². The maximum atomic E-state index is 12.2. The Balaban J connectivity index is 1.58. The Kier molecular flexibility index (Phi) is 5.78. The van der Waals surface area contributed by atoms with E-state index in [0.29, 0.717) is 24.4 Å². The zero-order chi connectivity index (χ0) is 18.5. The third-order valence-corrected chi connectivity index (χ3v) is 5.03. The fourth-order valence-electron chi connectivity index (χ4n) is 3.28. The summed E-state index contributed by atoms with van der Waals surface area (Å²) in [4.78, 5) is 23.7. The first-order chi connectivity index (χ1) is 12.5. The molecule has 1 amide bonds. The highest BCUT2D eigenvalue weighted by atomic mass is 35.5. The highest BCUT2D eigenvalue weighted by Crippen LogP contribution is 2.33. The summed E-state index contributed by atoms with van der Waals surface area (Å²) in [5, 5.41) is 17.9. The molecule has 5 nitrogen and oxygen atoms in total. The van der Waals surface area contributed by atoms with Crippen molar-refractivity contribution in [2.24, 2.45) is 0 Å². The molecular weight excluding hydrogens is 352 g/mol. The highest BCUT2D eigenvalue weighted by molar-refractivity contribution is 6.31. The van der Waals surface area contributed by atoms with Crippen LogP contribution in [-0.4, -0.2) is 24.5 Å². The monoisotopic (exact) mass is 371 g/mol. The number of aryl methyl sites for hydroxylation is 1. The van der Waals surface area contributed by atoms with E-state index >= 15 is 0 Å². The van der Waals surface area contributed by atoms with E-state index < -0.39 is 12.0 Å². The second-order valence-electron chi connectivity index (χ2n) is 6.43. The van der Waals surface area contributed by atoms with E-state index in [0.717, 1.165) is 16.8 Å². The number of carbonyl (C=O) groups excluding carboxylic acids is 2. The SMILES string of the molecule is O=C(CCc1ccccc1Cl)NC(CC1CNc2ccccc21)C(=O)[O-]. The number of para-hydroxylation sites is 1. The fraction of sp³-hybridized carbons (Fsp3) is 0.300. The van der Waals surface area contributed by atoms with Crippen molar-refractivity contribution >= 4 is 29.2 Å². The van der Waals surface area contributed by atoms with E-state index in [-0.39, 0.29) is 18.2 Å². The third kappa shape index (κ3) is 4.35. The van der Waals surface area contributed by atoms with Gasteiger partial charge in [-0.15, -0.1) is 0 Å². The van der Waals surface area contributed by atoms with Crippen LogP contribution in [0.5, 0.6) is 0 Å². The van der Waals surface area contributed by atoms with E-state index in [1.165, 1.54) is 0 Å². The lowest BCUT2D eigenvalue weighted by atomic mass is 9.94. The number of hydrogen-bond acceptors (Lipinski definition) is 4. The summed E-state index contributed by atoms with van der Waals surface area (Å²) in [6.07, 6.45) is 0.927. The quantitative estimate of drug-likeness (QED) is 0.781. The Hall–Kier alpha value is -2.53. The summed E-state index contributed by atoms with van der Waals surface area (Å²) in [6.45, 7) is 0.651. The normalized spacial score (nSPS) is 16.4. The Morgan fingerprint density at radius 3 is 2.69 bits per heavy atom. The molecule has 1 aliphatic heterocycles. The number of amides is 1. The van der Waals surface area contributed by atoms with Gasteiger partial charge in [-0.3, -0.25) is 4.79 Å². The maximum Gasteiger partial charge on any atom is 0.220 e. The van der Waals surface area contributed by atoms with Crippen molar-refractivity contribution in [1.82, 2.24) is 5.32 Å². The summed E-state index contributed by atoms with van der Waals surface area (Å²) in [5.74, 6) is -1.56. The van der Waals surface area contributed by atoms with Gasteiger partial charge in [0.05, 0.1) is 12.0 Å². The van der Waals surface area contributed by atoms with Crippen molar-refractivity contribution in [1.29, 1.82) is 0 Å². The van der Waals surface area contributed by atoms with Gasteiger partial charge in [0, 0.05) is 29.6 Å². The molecule has 2 unspecified atom stereocenters. The van der Waals surface area contributed by atoms with E-state index in [1.54, 1.807) is 6.07 Å². The predicted octanol–water partition coefficient (Wildman–Crippen LogP) is 2.11. The second-order valence-corrected chi connectivity index (χ2v) is 6.84. The van der Waals surface area contributed by atoms with Gasteiger partial charge in [-0.1, -0.05) is 48.0 Å². The van der Waals surface area contributed by atoms with Gasteiger partial charge in [-0.25, -0.2) is 0 Å². The van der Waals surface area contributed by atoms with Crippen LogP contribution in [0.15, 0.2) is 48.5 Å². The van der Waals surface area contributed by atoms with Gasteiger partial charge in [-0.2, -0.15) is 0 Å². The van der Waals surface area contributed by atoms with E-state index in [1.807, 2.05) is 42.5 Å². The van der Waals surface area contributed by atoms with Gasteiger partial charge in [0.25, 0.3) is 0 Å². The predicted molar refractivity (Wildman–Crippen MR) is 99.0 cm³/mol. The minimum atomic E-state index is -1.26. The molecule has 0 fully saturated rings. The maximum absolute atomic E-state index is 12.2. The largest absolute Gasteiger partial charge is 0.548 e. The number of benzene rings is 2. The molecule has 2 aromatic rings. The summed E-state index contributed by atoms with van der Waals surface area (Å²) < 4.78 is 0. The number of carboxylic acids is 1. The number of fused-ring (bicyclic) bond motifs is 1. The molecule has 0 saturated heterocycles. The van der Waals surface area contributed by atoms with Gasteiger partial charge >= 0.3 is 0 Å². The number of halogens is 1. The molecule has 3 rings (SSSR count). The first-order valence-corrected chi connectivity index (χ1v) is 8.99. The second kappa shape index (κ2) is 8.23. The molecule has 0 spiro atoms. The van der Waals surface area contributed by atoms with Crippen LogP contribution in [-0.2, 0) is 16.0 Å². The van der Waals surface area contributed by atoms with Crippen LogP contribution < -0.4 is 15.7 Å². The van der Waals surface area contributed by atoms with Gasteiger partial charge in [0.1, 0.15) is 0 Å². The van der Waals surface area contributed by atoms with Crippen LogP contribution in [0.2, 0.25) is 5.02 Å². The first-order valence-electron chi connectivity index (χ1n) is 8.61. The lowest BCUT2D eigenvalue weighted by Gasteiger charge is -2.23. The molecule has 0 aliphatic carbocycles. The van der Waals surface area contributed by atoms with Gasteiger partial charge in [-0.05, 0) is 36.1 Å². The number of aliphatic carboxylic acids is 1. The molecule has 0 saturated carbocycles. The minimum absolute atomic E-state index is 0.0259. The van der Waals surface area contributed by atoms with E-state index in [4.69, 9.17) is 11.6 Å². The van der Waals surface area contributed by atoms with Crippen molar-refractivity contribution in [2.45, 2.75) is 31.2 Å². The summed E-state index contributed by atoms with van der Waals surface area (Å²) >= 11 is 6.08. The lowest BCUT2D eigenvalue weighted by molar-refractivity contribution is -0.308. The molecule has 0 radical (unpaired) electrons. The molecule has 0 bridgehead atoms. The molecule has 2 N–H and O–H groups in total. The molecule has 1 aliphatic rings. The zero-order valence-electron chi connectivity index (χ0n) is 14.2. The van der Waals surface area contributed by atoms with Crippen molar-refractivity contribution in [3.8, 4) is 0 Å². The van der Waals surface area contributed by atoms with Crippen molar-refractivity contribution < 1.29 is 14.7 Å². The Morgan fingerprint density at radius 1 is 1.19 bits per heavy atom. The van der Waals surface area contributed by atoms with Gasteiger partial charge < -0.3 is 20.5 Å². The average Bonchev–Trinajstić information content (AvgIpc) is 3.03. The van der Waals surface area contributed by atoms with Gasteiger partial charge in [0.2, 0.25) is 5.91 Å². The zero-order valence-corrected chi connectivity index (χ0v) is 15.0. The van der Waals surface area contributed by atoms with Gasteiger partial charge in [0.15, 0.2) is 0 Å². The van der Waals surface area contributed by atoms with Crippen LogP contribution in [0.25, 0.3) is 0 Å². The lowest BCUT2D eigenvalue weighted by Crippen LogP contribution is -2.48. The van der Waals surface area contributed by atoms with Crippen LogP contribution in [0.3, 0.4) is 0 Å². The highest BCUT2D eigenvalue weighted by Gasteiger charge is 2.26. The molecule has 2 aromatic carbocycles. The van der Waals surface area contributed by atoms with Crippen molar-refractivity contribution in [3.63, 3.8) is 0 Å². The molecule has 0 aromatic heterocycles.